The second-order valence-electron chi connectivity index (χ2n) is 5.68. The van der Waals surface area contributed by atoms with Gasteiger partial charge in [-0.2, -0.15) is 0 Å². The molecule has 3 rings (SSSR count). The zero-order valence-electron chi connectivity index (χ0n) is 14.6. The third-order valence-corrected chi connectivity index (χ3v) is 4.08. The fraction of sp³-hybridized carbons (Fsp3) is 0.200. The summed E-state index contributed by atoms with van der Waals surface area (Å²) in [6.07, 6.45) is 0. The van der Waals surface area contributed by atoms with E-state index in [1.54, 1.807) is 26.2 Å². The lowest BCUT2D eigenvalue weighted by Gasteiger charge is -2.29. The van der Waals surface area contributed by atoms with E-state index in [-0.39, 0.29) is 12.6 Å². The van der Waals surface area contributed by atoms with Crippen LogP contribution in [0.2, 0.25) is 0 Å². The maximum atomic E-state index is 12.7. The number of rotatable bonds is 5. The van der Waals surface area contributed by atoms with Crippen LogP contribution in [0.3, 0.4) is 0 Å². The van der Waals surface area contributed by atoms with Crippen LogP contribution in [0.4, 0.5) is 4.79 Å². The van der Waals surface area contributed by atoms with Gasteiger partial charge in [-0.25, -0.2) is 9.59 Å². The van der Waals surface area contributed by atoms with Crippen LogP contribution >= 0.6 is 0 Å². The maximum Gasteiger partial charge on any atom is 0.338 e. The van der Waals surface area contributed by atoms with Gasteiger partial charge in [0.05, 0.1) is 31.0 Å². The number of esters is 1. The Balaban J connectivity index is 2.13. The first-order valence-electron chi connectivity index (χ1n) is 8.32. The Kier molecular flexibility index (Phi) is 5.22. The normalized spacial score (nSPS) is 16.5. The highest BCUT2D eigenvalue weighted by molar-refractivity contribution is 6.04. The van der Waals surface area contributed by atoms with Crippen molar-refractivity contribution in [3.63, 3.8) is 0 Å². The summed E-state index contributed by atoms with van der Waals surface area (Å²) in [7, 11) is 1.58. The molecule has 6 nitrogen and oxygen atoms in total. The standard InChI is InChI=1S/C20H20N2O4/c1-3-26-19(23)16-17(13-7-5-4-6-8-13)21-20(24)22-18(16)14-9-11-15(25-2)12-10-14/h4-12,18H,3H2,1-2H3,(H2,21,22,24)/t18-/m1/s1. The van der Waals surface area contributed by atoms with Crippen LogP contribution in [0.25, 0.3) is 5.70 Å². The molecule has 26 heavy (non-hydrogen) atoms. The first kappa shape index (κ1) is 17.5. The number of carbonyl (C=O) groups is 2. The van der Waals surface area contributed by atoms with Crippen molar-refractivity contribution in [3.05, 3.63) is 71.3 Å². The Hall–Kier alpha value is -3.28. The number of benzene rings is 2. The largest absolute Gasteiger partial charge is 0.497 e. The van der Waals surface area contributed by atoms with E-state index in [1.165, 1.54) is 0 Å². The van der Waals surface area contributed by atoms with Crippen LogP contribution in [0.5, 0.6) is 5.75 Å². The molecule has 0 bridgehead atoms. The molecule has 6 heteroatoms. The molecule has 0 aromatic heterocycles. The van der Waals surface area contributed by atoms with E-state index < -0.39 is 12.0 Å². The molecule has 1 atom stereocenters. The molecule has 1 aliphatic rings. The molecular formula is C20H20N2O4. The van der Waals surface area contributed by atoms with Gasteiger partial charge >= 0.3 is 12.0 Å². The zero-order valence-corrected chi connectivity index (χ0v) is 14.6. The number of urea groups is 1. The van der Waals surface area contributed by atoms with E-state index in [9.17, 15) is 9.59 Å². The second kappa shape index (κ2) is 7.74. The quantitative estimate of drug-likeness (QED) is 0.811. The number of carbonyl (C=O) groups excluding carboxylic acids is 2. The summed E-state index contributed by atoms with van der Waals surface area (Å²) in [5.74, 6) is 0.221. The molecule has 2 N–H and O–H groups in total. The van der Waals surface area contributed by atoms with Gasteiger partial charge in [0, 0.05) is 0 Å². The summed E-state index contributed by atoms with van der Waals surface area (Å²) >= 11 is 0. The van der Waals surface area contributed by atoms with Crippen molar-refractivity contribution >= 4 is 17.7 Å². The van der Waals surface area contributed by atoms with Crippen LogP contribution < -0.4 is 15.4 Å². The third-order valence-electron chi connectivity index (χ3n) is 4.08. The van der Waals surface area contributed by atoms with E-state index in [4.69, 9.17) is 9.47 Å². The first-order valence-corrected chi connectivity index (χ1v) is 8.32. The Morgan fingerprint density at radius 3 is 2.38 bits per heavy atom. The zero-order chi connectivity index (χ0) is 18.5. The van der Waals surface area contributed by atoms with Crippen LogP contribution in [0.15, 0.2) is 60.2 Å². The highest BCUT2D eigenvalue weighted by Crippen LogP contribution is 2.32. The fourth-order valence-corrected chi connectivity index (χ4v) is 2.87. The number of amides is 2. The Morgan fingerprint density at radius 2 is 1.77 bits per heavy atom. The molecule has 2 aromatic carbocycles. The first-order chi connectivity index (χ1) is 12.6. The lowest BCUT2D eigenvalue weighted by molar-refractivity contribution is -0.138. The third kappa shape index (κ3) is 3.54. The average molecular weight is 352 g/mol. The van der Waals surface area contributed by atoms with Crippen molar-refractivity contribution in [2.75, 3.05) is 13.7 Å². The molecule has 0 aliphatic carbocycles. The smallest absolute Gasteiger partial charge is 0.338 e. The van der Waals surface area contributed by atoms with Crippen LogP contribution in [-0.4, -0.2) is 25.7 Å². The molecule has 2 amide bonds. The van der Waals surface area contributed by atoms with E-state index in [0.29, 0.717) is 17.0 Å². The Labute approximate surface area is 151 Å². The van der Waals surface area contributed by atoms with Crippen LogP contribution in [0.1, 0.15) is 24.1 Å². The van der Waals surface area contributed by atoms with E-state index >= 15 is 0 Å². The number of hydrogen-bond acceptors (Lipinski definition) is 4. The summed E-state index contributed by atoms with van der Waals surface area (Å²) in [5, 5.41) is 5.56. The minimum absolute atomic E-state index is 0.244. The summed E-state index contributed by atoms with van der Waals surface area (Å²) < 4.78 is 10.4. The van der Waals surface area contributed by atoms with Gasteiger partial charge in [0.2, 0.25) is 0 Å². The van der Waals surface area contributed by atoms with Crippen molar-refractivity contribution in [2.45, 2.75) is 13.0 Å². The number of hydrogen-bond donors (Lipinski definition) is 2. The van der Waals surface area contributed by atoms with Crippen LogP contribution in [0, 0.1) is 0 Å². The van der Waals surface area contributed by atoms with E-state index in [0.717, 1.165) is 11.1 Å². The van der Waals surface area contributed by atoms with Crippen molar-refractivity contribution in [2.24, 2.45) is 0 Å². The summed E-state index contributed by atoms with van der Waals surface area (Å²) in [4.78, 5) is 24.9. The maximum absolute atomic E-state index is 12.7. The molecule has 1 aliphatic heterocycles. The van der Waals surface area contributed by atoms with Gasteiger partial charge in [-0.05, 0) is 30.2 Å². The van der Waals surface area contributed by atoms with Gasteiger partial charge in [-0.3, -0.25) is 0 Å². The molecule has 0 unspecified atom stereocenters. The van der Waals surface area contributed by atoms with Crippen LogP contribution in [-0.2, 0) is 9.53 Å². The molecule has 0 radical (unpaired) electrons. The summed E-state index contributed by atoms with van der Waals surface area (Å²) in [6, 6.07) is 15.5. The monoisotopic (exact) mass is 352 g/mol. The van der Waals surface area contributed by atoms with Gasteiger partial charge in [-0.15, -0.1) is 0 Å². The predicted molar refractivity (Wildman–Crippen MR) is 97.4 cm³/mol. The minimum atomic E-state index is -0.621. The molecule has 1 heterocycles. The highest BCUT2D eigenvalue weighted by atomic mass is 16.5. The SMILES string of the molecule is CCOC(=O)C1=C(c2ccccc2)NC(=O)N[C@@H]1c1ccc(OC)cc1. The van der Waals surface area contributed by atoms with Gasteiger partial charge in [0.25, 0.3) is 0 Å². The van der Waals surface area contributed by atoms with Crippen molar-refractivity contribution < 1.29 is 19.1 Å². The summed E-state index contributed by atoms with van der Waals surface area (Å²) in [6.45, 7) is 1.99. The molecule has 134 valence electrons. The molecule has 0 fully saturated rings. The fourth-order valence-electron chi connectivity index (χ4n) is 2.87. The minimum Gasteiger partial charge on any atom is -0.497 e. The Bertz CT molecular complexity index is 829. The second-order valence-corrected chi connectivity index (χ2v) is 5.68. The Morgan fingerprint density at radius 1 is 1.08 bits per heavy atom. The average Bonchev–Trinajstić information content (AvgIpc) is 2.68. The lowest BCUT2D eigenvalue weighted by Crippen LogP contribution is -2.45. The van der Waals surface area contributed by atoms with Crippen molar-refractivity contribution in [3.8, 4) is 5.75 Å². The predicted octanol–water partition coefficient (Wildman–Crippen LogP) is 3.02. The molecule has 0 saturated carbocycles. The number of methoxy groups -OCH3 is 1. The van der Waals surface area contributed by atoms with Crippen molar-refractivity contribution in [1.82, 2.24) is 10.6 Å². The lowest BCUT2D eigenvalue weighted by atomic mass is 9.92. The van der Waals surface area contributed by atoms with Gasteiger partial charge in [0.15, 0.2) is 0 Å². The number of nitrogens with one attached hydrogen (secondary N) is 2. The molecular weight excluding hydrogens is 332 g/mol. The molecule has 0 spiro atoms. The highest BCUT2D eigenvalue weighted by Gasteiger charge is 2.34. The van der Waals surface area contributed by atoms with Gasteiger partial charge in [-0.1, -0.05) is 42.5 Å². The van der Waals surface area contributed by atoms with Gasteiger partial charge in [0.1, 0.15) is 5.75 Å². The van der Waals surface area contributed by atoms with Crippen molar-refractivity contribution in [1.29, 1.82) is 0 Å². The number of ether oxygens (including phenoxy) is 2. The van der Waals surface area contributed by atoms with E-state index in [1.807, 2.05) is 42.5 Å². The topological polar surface area (TPSA) is 76.7 Å². The molecule has 2 aromatic rings. The molecule has 0 saturated heterocycles. The summed E-state index contributed by atoms with van der Waals surface area (Å²) in [5.41, 5.74) is 2.32. The van der Waals surface area contributed by atoms with Gasteiger partial charge < -0.3 is 20.1 Å². The van der Waals surface area contributed by atoms with E-state index in [2.05, 4.69) is 10.6 Å².